The molecule has 0 saturated carbocycles. The van der Waals surface area contributed by atoms with E-state index in [2.05, 4.69) is 16.4 Å². The number of aromatic nitrogens is 1. The summed E-state index contributed by atoms with van der Waals surface area (Å²) in [7, 11) is 3.15. The number of methoxy groups -OCH3 is 2. The summed E-state index contributed by atoms with van der Waals surface area (Å²) in [6.45, 7) is 1.79. The van der Waals surface area contributed by atoms with Crippen LogP contribution in [0, 0.1) is 11.3 Å². The minimum atomic E-state index is -0.112. The Kier molecular flexibility index (Phi) is 6.83. The molecule has 152 valence electrons. The van der Waals surface area contributed by atoms with Gasteiger partial charge in [-0.05, 0) is 24.3 Å². The van der Waals surface area contributed by atoms with Crippen molar-refractivity contribution in [2.24, 2.45) is 0 Å². The lowest BCUT2D eigenvalue weighted by molar-refractivity contribution is -0.115. The quantitative estimate of drug-likeness (QED) is 0.530. The molecule has 0 fully saturated rings. The summed E-state index contributed by atoms with van der Waals surface area (Å²) in [4.78, 5) is 16.7. The highest BCUT2D eigenvalue weighted by Crippen LogP contribution is 2.37. The Hall–Kier alpha value is -3.63. The molecular weight excluding hydrogens is 398 g/mol. The van der Waals surface area contributed by atoms with Gasteiger partial charge >= 0.3 is 0 Å². The zero-order chi connectivity index (χ0) is 21.5. The van der Waals surface area contributed by atoms with Gasteiger partial charge in [-0.1, -0.05) is 48.6 Å². The van der Waals surface area contributed by atoms with Gasteiger partial charge in [0, 0.05) is 17.5 Å². The van der Waals surface area contributed by atoms with Crippen LogP contribution in [-0.4, -0.2) is 25.1 Å². The largest absolute Gasteiger partial charge is 0.497 e. The summed E-state index contributed by atoms with van der Waals surface area (Å²) in [6.07, 6.45) is 2.06. The van der Waals surface area contributed by atoms with E-state index < -0.39 is 0 Å². The lowest BCUT2D eigenvalue weighted by Gasteiger charge is -2.07. The molecule has 0 aliphatic heterocycles. The molecular formula is C23H21N3O3S. The third-order valence-corrected chi connectivity index (χ3v) is 5.34. The Bertz CT molecular complexity index is 1110. The number of benzene rings is 2. The molecule has 1 heterocycles. The summed E-state index contributed by atoms with van der Waals surface area (Å²) in [5, 5.41) is 13.8. The minimum Gasteiger partial charge on any atom is -0.497 e. The highest BCUT2D eigenvalue weighted by molar-refractivity contribution is 7.17. The third-order valence-electron chi connectivity index (χ3n) is 4.34. The molecule has 6 nitrogen and oxygen atoms in total. The Balaban J connectivity index is 2.11. The van der Waals surface area contributed by atoms with E-state index >= 15 is 0 Å². The Labute approximate surface area is 179 Å². The number of hydrogen-bond donors (Lipinski definition) is 1. The van der Waals surface area contributed by atoms with Crippen LogP contribution in [0.5, 0.6) is 11.5 Å². The van der Waals surface area contributed by atoms with Crippen molar-refractivity contribution in [1.29, 1.82) is 5.26 Å². The van der Waals surface area contributed by atoms with E-state index in [-0.39, 0.29) is 5.91 Å². The van der Waals surface area contributed by atoms with Crippen molar-refractivity contribution in [3.05, 3.63) is 59.1 Å². The average molecular weight is 420 g/mol. The molecule has 30 heavy (non-hydrogen) atoms. The number of nitriles is 1. The fourth-order valence-corrected chi connectivity index (χ4v) is 3.75. The van der Waals surface area contributed by atoms with Crippen LogP contribution in [0.4, 0.5) is 5.00 Å². The normalized spacial score (nSPS) is 10.9. The van der Waals surface area contributed by atoms with E-state index in [1.165, 1.54) is 11.3 Å². The fraction of sp³-hybridized carbons (Fsp3) is 0.174. The molecule has 0 unspecified atom stereocenters. The minimum absolute atomic E-state index is 0.112. The smallest absolute Gasteiger partial charge is 0.224 e. The third kappa shape index (κ3) is 4.67. The number of carbonyl (C=O) groups excluding carboxylic acids is 1. The Morgan fingerprint density at radius 3 is 2.60 bits per heavy atom. The van der Waals surface area contributed by atoms with Crippen LogP contribution in [0.15, 0.2) is 48.5 Å². The Morgan fingerprint density at radius 1 is 1.20 bits per heavy atom. The van der Waals surface area contributed by atoms with Crippen LogP contribution in [0.2, 0.25) is 0 Å². The molecule has 1 amide bonds. The van der Waals surface area contributed by atoms with E-state index in [1.54, 1.807) is 45.4 Å². The molecule has 1 aromatic heterocycles. The molecule has 2 aromatic carbocycles. The number of ether oxygens (including phenoxy) is 2. The number of nitrogens with zero attached hydrogens (tertiary/aromatic N) is 2. The summed E-state index contributed by atoms with van der Waals surface area (Å²) in [5.41, 5.74) is 2.56. The molecule has 0 atom stereocenters. The second-order valence-electron chi connectivity index (χ2n) is 6.24. The second kappa shape index (κ2) is 9.72. The van der Waals surface area contributed by atoms with E-state index in [1.807, 2.05) is 30.3 Å². The van der Waals surface area contributed by atoms with Crippen molar-refractivity contribution < 1.29 is 14.3 Å². The topological polar surface area (TPSA) is 84.2 Å². The van der Waals surface area contributed by atoms with Gasteiger partial charge in [-0.3, -0.25) is 4.79 Å². The van der Waals surface area contributed by atoms with Gasteiger partial charge in [0.15, 0.2) is 0 Å². The maximum atomic E-state index is 12.0. The molecule has 0 saturated heterocycles. The summed E-state index contributed by atoms with van der Waals surface area (Å²) in [5.74, 6) is 1.15. The van der Waals surface area contributed by atoms with Crippen molar-refractivity contribution in [3.63, 3.8) is 0 Å². The first-order chi connectivity index (χ1) is 14.6. The number of amides is 1. The SMILES string of the molecule is CCC(=O)Nc1sc(C(C#N)=Cc2cc(OC)ccc2OC)nc1-c1ccccc1. The molecule has 3 rings (SSSR count). The van der Waals surface area contributed by atoms with Crippen LogP contribution >= 0.6 is 11.3 Å². The summed E-state index contributed by atoms with van der Waals surface area (Å²) in [6, 6.07) is 17.1. The average Bonchev–Trinajstić information content (AvgIpc) is 3.21. The van der Waals surface area contributed by atoms with Crippen LogP contribution in [0.3, 0.4) is 0 Å². The fourth-order valence-electron chi connectivity index (χ4n) is 2.78. The maximum Gasteiger partial charge on any atom is 0.224 e. The van der Waals surface area contributed by atoms with Gasteiger partial charge in [0.05, 0.1) is 19.8 Å². The number of rotatable bonds is 7. The van der Waals surface area contributed by atoms with Gasteiger partial charge in [0.25, 0.3) is 0 Å². The number of hydrogen-bond acceptors (Lipinski definition) is 6. The van der Waals surface area contributed by atoms with Gasteiger partial charge in [0.2, 0.25) is 5.91 Å². The van der Waals surface area contributed by atoms with Crippen molar-refractivity contribution in [2.75, 3.05) is 19.5 Å². The maximum absolute atomic E-state index is 12.0. The highest BCUT2D eigenvalue weighted by Gasteiger charge is 2.18. The number of thiazole rings is 1. The molecule has 7 heteroatoms. The van der Waals surface area contributed by atoms with Gasteiger partial charge in [-0.2, -0.15) is 5.26 Å². The van der Waals surface area contributed by atoms with E-state index in [9.17, 15) is 10.1 Å². The van der Waals surface area contributed by atoms with Crippen LogP contribution in [0.1, 0.15) is 23.9 Å². The van der Waals surface area contributed by atoms with E-state index in [0.29, 0.717) is 44.8 Å². The van der Waals surface area contributed by atoms with Gasteiger partial charge < -0.3 is 14.8 Å². The predicted molar refractivity (Wildman–Crippen MR) is 120 cm³/mol. The number of allylic oxidation sites excluding steroid dienone is 1. The first-order valence-electron chi connectivity index (χ1n) is 9.29. The molecule has 0 radical (unpaired) electrons. The van der Waals surface area contributed by atoms with Crippen LogP contribution < -0.4 is 14.8 Å². The lowest BCUT2D eigenvalue weighted by Crippen LogP contribution is -2.08. The van der Waals surface area contributed by atoms with Crippen LogP contribution in [0.25, 0.3) is 22.9 Å². The molecule has 0 aliphatic carbocycles. The first-order valence-corrected chi connectivity index (χ1v) is 10.1. The molecule has 3 aromatic rings. The van der Waals surface area contributed by atoms with E-state index in [0.717, 1.165) is 5.56 Å². The number of nitrogens with one attached hydrogen (secondary N) is 1. The molecule has 0 aliphatic rings. The standard InChI is InChI=1S/C23H21N3O3S/c1-4-20(27)25-23-21(15-8-6-5-7-9-15)26-22(30-23)17(14-24)12-16-13-18(28-2)10-11-19(16)29-3/h5-13H,4H2,1-3H3,(H,25,27). The number of anilines is 1. The highest BCUT2D eigenvalue weighted by atomic mass is 32.1. The molecule has 1 N–H and O–H groups in total. The van der Waals surface area contributed by atoms with Gasteiger partial charge in [-0.15, -0.1) is 0 Å². The van der Waals surface area contributed by atoms with Gasteiger partial charge in [0.1, 0.15) is 33.3 Å². The van der Waals surface area contributed by atoms with Crippen molar-refractivity contribution in [1.82, 2.24) is 4.98 Å². The zero-order valence-electron chi connectivity index (χ0n) is 16.9. The van der Waals surface area contributed by atoms with Gasteiger partial charge in [-0.25, -0.2) is 4.98 Å². The predicted octanol–water partition coefficient (Wildman–Crippen LogP) is 5.24. The number of carbonyl (C=O) groups is 1. The van der Waals surface area contributed by atoms with Crippen molar-refractivity contribution in [3.8, 4) is 28.8 Å². The first kappa shape index (κ1) is 21.1. The Morgan fingerprint density at radius 2 is 1.97 bits per heavy atom. The second-order valence-corrected chi connectivity index (χ2v) is 7.24. The lowest BCUT2D eigenvalue weighted by atomic mass is 10.1. The van der Waals surface area contributed by atoms with Crippen LogP contribution in [-0.2, 0) is 4.79 Å². The summed E-state index contributed by atoms with van der Waals surface area (Å²) < 4.78 is 10.7. The monoisotopic (exact) mass is 419 g/mol. The molecule has 0 spiro atoms. The van der Waals surface area contributed by atoms with E-state index in [4.69, 9.17) is 9.47 Å². The van der Waals surface area contributed by atoms with Crippen molar-refractivity contribution in [2.45, 2.75) is 13.3 Å². The van der Waals surface area contributed by atoms with Crippen molar-refractivity contribution >= 4 is 33.9 Å². The zero-order valence-corrected chi connectivity index (χ0v) is 17.7. The summed E-state index contributed by atoms with van der Waals surface area (Å²) >= 11 is 1.27. The molecule has 0 bridgehead atoms.